The minimum absolute atomic E-state index is 0.0990. The number of rotatable bonds is 8. The number of hydrogen-bond acceptors (Lipinski definition) is 4. The van der Waals surface area contributed by atoms with Crippen LogP contribution >= 0.6 is 0 Å². The molecule has 3 aromatic rings. The molecule has 0 bridgehead atoms. The van der Waals surface area contributed by atoms with Crippen LogP contribution in [0.1, 0.15) is 30.5 Å². The summed E-state index contributed by atoms with van der Waals surface area (Å²) in [6.45, 7) is 3.33. The lowest BCUT2D eigenvalue weighted by Crippen LogP contribution is -2.43. The molecular formula is C26H32N4O3S. The van der Waals surface area contributed by atoms with Crippen LogP contribution in [-0.4, -0.2) is 60.4 Å². The number of piperidine rings is 1. The van der Waals surface area contributed by atoms with Crippen LogP contribution < -0.4 is 0 Å². The molecule has 180 valence electrons. The number of carbonyl (C=O) groups excluding carboxylic acids is 1. The van der Waals surface area contributed by atoms with Gasteiger partial charge in [-0.25, -0.2) is 8.42 Å². The molecular weight excluding hydrogens is 448 g/mol. The molecule has 1 aliphatic rings. The first-order valence-corrected chi connectivity index (χ1v) is 13.2. The number of aromatic nitrogens is 2. The molecule has 2 heterocycles. The molecule has 1 amide bonds. The SMILES string of the molecule is Cc1ccc(S(=O)(=O)N2CCC(C(=O)N(C)CCCc3cc(-c4ccccc4)n[nH]3)CC2)cc1. The highest BCUT2D eigenvalue weighted by Gasteiger charge is 2.33. The molecule has 0 spiro atoms. The van der Waals surface area contributed by atoms with Crippen LogP contribution in [0.5, 0.6) is 0 Å². The molecule has 4 rings (SSSR count). The fraction of sp³-hybridized carbons (Fsp3) is 0.385. The zero-order chi connectivity index (χ0) is 24.1. The smallest absolute Gasteiger partial charge is 0.243 e. The summed E-state index contributed by atoms with van der Waals surface area (Å²) < 4.78 is 27.3. The Hall–Kier alpha value is -2.97. The maximum atomic E-state index is 12.9. The second kappa shape index (κ2) is 10.5. The van der Waals surface area contributed by atoms with Gasteiger partial charge in [0.15, 0.2) is 0 Å². The molecule has 2 aromatic carbocycles. The minimum atomic E-state index is -3.51. The highest BCUT2D eigenvalue weighted by atomic mass is 32.2. The van der Waals surface area contributed by atoms with Gasteiger partial charge in [0.05, 0.1) is 10.6 Å². The molecule has 0 radical (unpaired) electrons. The lowest BCUT2D eigenvalue weighted by molar-refractivity contribution is -0.135. The molecule has 1 N–H and O–H groups in total. The zero-order valence-corrected chi connectivity index (χ0v) is 20.6. The van der Waals surface area contributed by atoms with Crippen molar-refractivity contribution in [1.29, 1.82) is 0 Å². The van der Waals surface area contributed by atoms with Crippen molar-refractivity contribution in [2.45, 2.75) is 37.5 Å². The van der Waals surface area contributed by atoms with Crippen molar-refractivity contribution < 1.29 is 13.2 Å². The van der Waals surface area contributed by atoms with Crippen molar-refractivity contribution >= 4 is 15.9 Å². The van der Waals surface area contributed by atoms with E-state index in [1.807, 2.05) is 56.4 Å². The quantitative estimate of drug-likeness (QED) is 0.530. The number of hydrogen-bond donors (Lipinski definition) is 1. The van der Waals surface area contributed by atoms with E-state index >= 15 is 0 Å². The van der Waals surface area contributed by atoms with E-state index in [9.17, 15) is 13.2 Å². The molecule has 0 atom stereocenters. The normalized spacial score (nSPS) is 15.4. The second-order valence-corrected chi connectivity index (χ2v) is 10.9. The van der Waals surface area contributed by atoms with E-state index in [2.05, 4.69) is 16.3 Å². The first-order valence-electron chi connectivity index (χ1n) is 11.8. The van der Waals surface area contributed by atoms with Crippen molar-refractivity contribution in [1.82, 2.24) is 19.4 Å². The second-order valence-electron chi connectivity index (χ2n) is 9.00. The number of sulfonamides is 1. The fourth-order valence-corrected chi connectivity index (χ4v) is 5.85. The number of aryl methyl sites for hydroxylation is 2. The molecule has 34 heavy (non-hydrogen) atoms. The van der Waals surface area contributed by atoms with Gasteiger partial charge in [-0.1, -0.05) is 48.0 Å². The summed E-state index contributed by atoms with van der Waals surface area (Å²) in [4.78, 5) is 15.0. The maximum Gasteiger partial charge on any atom is 0.243 e. The summed E-state index contributed by atoms with van der Waals surface area (Å²) in [6.07, 6.45) is 2.74. The van der Waals surface area contributed by atoms with Crippen LogP contribution in [0.4, 0.5) is 0 Å². The van der Waals surface area contributed by atoms with E-state index in [1.165, 1.54) is 4.31 Å². The number of benzene rings is 2. The van der Waals surface area contributed by atoms with Crippen molar-refractivity contribution in [3.05, 3.63) is 71.9 Å². The molecule has 0 saturated carbocycles. The molecule has 1 aliphatic heterocycles. The third-order valence-corrected chi connectivity index (χ3v) is 8.39. The summed E-state index contributed by atoms with van der Waals surface area (Å²) >= 11 is 0. The van der Waals surface area contributed by atoms with Crippen LogP contribution in [0, 0.1) is 12.8 Å². The van der Waals surface area contributed by atoms with Crippen molar-refractivity contribution in [2.75, 3.05) is 26.7 Å². The summed E-state index contributed by atoms with van der Waals surface area (Å²) in [5.74, 6) is -0.0340. The zero-order valence-electron chi connectivity index (χ0n) is 19.8. The first-order chi connectivity index (χ1) is 16.3. The van der Waals surface area contributed by atoms with Gasteiger partial charge in [0, 0.05) is 43.9 Å². The molecule has 0 unspecified atom stereocenters. The number of carbonyl (C=O) groups is 1. The average molecular weight is 481 g/mol. The predicted octanol–water partition coefficient (Wildman–Crippen LogP) is 3.88. The lowest BCUT2D eigenvalue weighted by Gasteiger charge is -2.32. The summed E-state index contributed by atoms with van der Waals surface area (Å²) in [7, 11) is -1.68. The third-order valence-electron chi connectivity index (χ3n) is 6.48. The molecule has 0 aliphatic carbocycles. The Balaban J connectivity index is 1.24. The Bertz CT molecular complexity index is 1200. The van der Waals surface area contributed by atoms with Crippen molar-refractivity contribution in [3.63, 3.8) is 0 Å². The van der Waals surface area contributed by atoms with E-state index in [0.717, 1.165) is 35.4 Å². The lowest BCUT2D eigenvalue weighted by atomic mass is 9.96. The Morgan fingerprint density at radius 3 is 2.44 bits per heavy atom. The van der Waals surface area contributed by atoms with E-state index in [-0.39, 0.29) is 11.8 Å². The Morgan fingerprint density at radius 2 is 1.76 bits per heavy atom. The van der Waals surface area contributed by atoms with Crippen LogP contribution in [0.15, 0.2) is 65.6 Å². The molecule has 8 heteroatoms. The highest BCUT2D eigenvalue weighted by Crippen LogP contribution is 2.25. The van der Waals surface area contributed by atoms with Gasteiger partial charge in [-0.05, 0) is 50.8 Å². The van der Waals surface area contributed by atoms with Gasteiger partial charge in [0.1, 0.15) is 0 Å². The number of nitrogens with one attached hydrogen (secondary N) is 1. The van der Waals surface area contributed by atoms with E-state index in [4.69, 9.17) is 0 Å². The summed E-state index contributed by atoms with van der Waals surface area (Å²) in [5, 5.41) is 7.48. The number of nitrogens with zero attached hydrogens (tertiary/aromatic N) is 3. The molecule has 1 saturated heterocycles. The Labute approximate surface area is 201 Å². The number of amides is 1. The van der Waals surface area contributed by atoms with E-state index in [0.29, 0.717) is 37.4 Å². The number of aromatic amines is 1. The van der Waals surface area contributed by atoms with Gasteiger partial charge in [-0.15, -0.1) is 0 Å². The van der Waals surface area contributed by atoms with E-state index < -0.39 is 10.0 Å². The standard InChI is InChI=1S/C26H32N4O3S/c1-20-10-12-24(13-11-20)34(32,33)30-17-14-22(15-18-30)26(31)29(2)16-6-9-23-19-25(28-27-23)21-7-4-3-5-8-21/h3-5,7-8,10-13,19,22H,6,9,14-18H2,1-2H3,(H,27,28). The van der Waals surface area contributed by atoms with Gasteiger partial charge in [0.2, 0.25) is 15.9 Å². The van der Waals surface area contributed by atoms with Gasteiger partial charge in [0.25, 0.3) is 0 Å². The first kappa shape index (κ1) is 24.2. The predicted molar refractivity (Wildman–Crippen MR) is 133 cm³/mol. The summed E-state index contributed by atoms with van der Waals surface area (Å²) in [5.41, 5.74) is 4.07. The van der Waals surface area contributed by atoms with Gasteiger partial charge < -0.3 is 4.90 Å². The Kier molecular flexibility index (Phi) is 7.48. The van der Waals surface area contributed by atoms with Gasteiger partial charge in [-0.2, -0.15) is 9.40 Å². The van der Waals surface area contributed by atoms with Crippen LogP contribution in [0.3, 0.4) is 0 Å². The third kappa shape index (κ3) is 5.56. The molecule has 1 aromatic heterocycles. The monoisotopic (exact) mass is 480 g/mol. The average Bonchev–Trinajstić information content (AvgIpc) is 3.33. The van der Waals surface area contributed by atoms with Crippen LogP contribution in [-0.2, 0) is 21.2 Å². The van der Waals surface area contributed by atoms with Crippen LogP contribution in [0.2, 0.25) is 0 Å². The maximum absolute atomic E-state index is 12.9. The van der Waals surface area contributed by atoms with Crippen molar-refractivity contribution in [2.24, 2.45) is 5.92 Å². The van der Waals surface area contributed by atoms with Gasteiger partial charge in [-0.3, -0.25) is 9.89 Å². The largest absolute Gasteiger partial charge is 0.346 e. The minimum Gasteiger partial charge on any atom is -0.346 e. The van der Waals surface area contributed by atoms with Crippen LogP contribution in [0.25, 0.3) is 11.3 Å². The molecule has 7 nitrogen and oxygen atoms in total. The van der Waals surface area contributed by atoms with Crippen molar-refractivity contribution in [3.8, 4) is 11.3 Å². The van der Waals surface area contributed by atoms with E-state index in [1.54, 1.807) is 17.0 Å². The highest BCUT2D eigenvalue weighted by molar-refractivity contribution is 7.89. The fourth-order valence-electron chi connectivity index (χ4n) is 4.38. The number of H-pyrrole nitrogens is 1. The molecule has 1 fully saturated rings. The topological polar surface area (TPSA) is 86.4 Å². The van der Waals surface area contributed by atoms with Gasteiger partial charge >= 0.3 is 0 Å². The Morgan fingerprint density at radius 1 is 1.09 bits per heavy atom. The summed E-state index contributed by atoms with van der Waals surface area (Å²) in [6, 6.07) is 19.0.